The number of phenols is 2. The Morgan fingerprint density at radius 1 is 0.889 bits per heavy atom. The van der Waals surface area contributed by atoms with Crippen molar-refractivity contribution in [2.45, 2.75) is 19.4 Å². The second-order valence-corrected chi connectivity index (χ2v) is 7.59. The number of cyclic esters (lactones) is 1. The second-order valence-electron chi connectivity index (χ2n) is 6.74. The van der Waals surface area contributed by atoms with Gasteiger partial charge < -0.3 is 14.9 Å². The molecule has 0 radical (unpaired) electrons. The Balaban J connectivity index is 2.09. The lowest BCUT2D eigenvalue weighted by atomic mass is 9.79. The van der Waals surface area contributed by atoms with Gasteiger partial charge >= 0.3 is 5.97 Å². The molecule has 5 heteroatoms. The van der Waals surface area contributed by atoms with Crippen LogP contribution >= 0.6 is 15.9 Å². The van der Waals surface area contributed by atoms with Crippen LogP contribution in [0.3, 0.4) is 0 Å². The first kappa shape index (κ1) is 17.6. The van der Waals surface area contributed by atoms with E-state index in [1.54, 1.807) is 44.2 Å². The Labute approximate surface area is 165 Å². The first-order chi connectivity index (χ1) is 12.8. The van der Waals surface area contributed by atoms with Crippen LogP contribution < -0.4 is 0 Å². The minimum atomic E-state index is -1.26. The lowest BCUT2D eigenvalue weighted by molar-refractivity contribution is 0.0249. The van der Waals surface area contributed by atoms with Gasteiger partial charge in [0.1, 0.15) is 11.5 Å². The fourth-order valence-corrected chi connectivity index (χ4v) is 4.05. The van der Waals surface area contributed by atoms with Crippen molar-refractivity contribution >= 4 is 21.9 Å². The highest BCUT2D eigenvalue weighted by atomic mass is 79.9. The van der Waals surface area contributed by atoms with E-state index in [4.69, 9.17) is 4.74 Å². The zero-order chi connectivity index (χ0) is 19.3. The molecule has 3 aromatic carbocycles. The van der Waals surface area contributed by atoms with Crippen molar-refractivity contribution in [3.05, 3.63) is 92.5 Å². The third kappa shape index (κ3) is 2.53. The Morgan fingerprint density at radius 2 is 1.44 bits per heavy atom. The maximum absolute atomic E-state index is 12.8. The number of benzene rings is 3. The Kier molecular flexibility index (Phi) is 4.00. The van der Waals surface area contributed by atoms with Gasteiger partial charge in [0.2, 0.25) is 0 Å². The van der Waals surface area contributed by atoms with Gasteiger partial charge in [-0.1, -0.05) is 36.4 Å². The van der Waals surface area contributed by atoms with E-state index in [-0.39, 0.29) is 11.5 Å². The van der Waals surface area contributed by atoms with Crippen LogP contribution in [0, 0.1) is 13.8 Å². The molecule has 0 unspecified atom stereocenters. The van der Waals surface area contributed by atoms with Gasteiger partial charge in [0.25, 0.3) is 0 Å². The van der Waals surface area contributed by atoms with Crippen molar-refractivity contribution in [2.75, 3.05) is 0 Å². The molecule has 1 aliphatic heterocycles. The molecule has 0 aromatic heterocycles. The minimum absolute atomic E-state index is 0.114. The zero-order valence-corrected chi connectivity index (χ0v) is 16.4. The summed E-state index contributed by atoms with van der Waals surface area (Å²) in [6.45, 7) is 3.60. The van der Waals surface area contributed by atoms with Crippen LogP contribution in [0.4, 0.5) is 0 Å². The van der Waals surface area contributed by atoms with E-state index in [9.17, 15) is 15.0 Å². The highest BCUT2D eigenvalue weighted by Crippen LogP contribution is 2.50. The number of fused-ring (bicyclic) bond motifs is 1. The molecule has 136 valence electrons. The second kappa shape index (κ2) is 6.13. The van der Waals surface area contributed by atoms with Crippen LogP contribution in [0.2, 0.25) is 0 Å². The predicted octanol–water partition coefficient (Wildman–Crippen LogP) is 4.94. The molecule has 0 aliphatic carbocycles. The fraction of sp³-hybridized carbons (Fsp3) is 0.136. The van der Waals surface area contributed by atoms with Crippen LogP contribution in [0.25, 0.3) is 0 Å². The van der Waals surface area contributed by atoms with Crippen molar-refractivity contribution in [1.82, 2.24) is 0 Å². The number of carbonyl (C=O) groups excluding carboxylic acids is 1. The van der Waals surface area contributed by atoms with Crippen LogP contribution in [0.5, 0.6) is 11.5 Å². The smallest absolute Gasteiger partial charge is 0.341 e. The lowest BCUT2D eigenvalue weighted by Gasteiger charge is -2.30. The van der Waals surface area contributed by atoms with Crippen LogP contribution in [-0.2, 0) is 10.3 Å². The maximum Gasteiger partial charge on any atom is 0.341 e. The van der Waals surface area contributed by atoms with Crippen molar-refractivity contribution in [2.24, 2.45) is 0 Å². The number of carbonyl (C=O) groups is 1. The maximum atomic E-state index is 12.8. The zero-order valence-electron chi connectivity index (χ0n) is 14.8. The number of phenolic OH excluding ortho intramolecular Hbond substituents is 2. The topological polar surface area (TPSA) is 66.8 Å². The highest BCUT2D eigenvalue weighted by Gasteiger charge is 2.49. The number of hydrogen-bond donors (Lipinski definition) is 2. The third-order valence-corrected chi connectivity index (χ3v) is 5.73. The molecular weight excluding hydrogens is 408 g/mol. The van der Waals surface area contributed by atoms with E-state index in [0.29, 0.717) is 26.7 Å². The summed E-state index contributed by atoms with van der Waals surface area (Å²) in [5.41, 5.74) is 2.51. The molecule has 0 fully saturated rings. The summed E-state index contributed by atoms with van der Waals surface area (Å²) >= 11 is 3.44. The quantitative estimate of drug-likeness (QED) is 0.571. The van der Waals surface area contributed by atoms with Crippen molar-refractivity contribution in [3.8, 4) is 11.5 Å². The molecule has 0 saturated carbocycles. The molecule has 0 atom stereocenters. The summed E-state index contributed by atoms with van der Waals surface area (Å²) < 4.78 is 6.61. The van der Waals surface area contributed by atoms with Gasteiger partial charge in [0.05, 0.1) is 5.56 Å². The number of hydrogen-bond acceptors (Lipinski definition) is 4. The molecule has 0 bridgehead atoms. The average Bonchev–Trinajstić information content (AvgIpc) is 2.95. The number of halogens is 1. The molecule has 2 N–H and O–H groups in total. The first-order valence-electron chi connectivity index (χ1n) is 8.47. The SMILES string of the molecule is Cc1ccc(C2(c3ccc(C)c(O)c3)OC(=O)c3c(Br)cccc32)cc1O. The minimum Gasteiger partial charge on any atom is -0.508 e. The van der Waals surface area contributed by atoms with Gasteiger partial charge in [-0.2, -0.15) is 0 Å². The third-order valence-electron chi connectivity index (χ3n) is 5.07. The molecule has 0 saturated heterocycles. The normalized spacial score (nSPS) is 14.7. The van der Waals surface area contributed by atoms with Crippen LogP contribution in [-0.4, -0.2) is 16.2 Å². The Bertz CT molecular complexity index is 1040. The molecular formula is C22H17BrO4. The van der Waals surface area contributed by atoms with Gasteiger partial charge in [-0.3, -0.25) is 0 Å². The van der Waals surface area contributed by atoms with Gasteiger partial charge in [-0.05, 0) is 59.1 Å². The van der Waals surface area contributed by atoms with E-state index in [1.165, 1.54) is 0 Å². The monoisotopic (exact) mass is 424 g/mol. The van der Waals surface area contributed by atoms with Crippen molar-refractivity contribution in [3.63, 3.8) is 0 Å². The molecule has 0 spiro atoms. The number of ether oxygens (including phenoxy) is 1. The molecule has 4 nitrogen and oxygen atoms in total. The summed E-state index contributed by atoms with van der Waals surface area (Å²) in [5.74, 6) is -0.233. The number of rotatable bonds is 2. The van der Waals surface area contributed by atoms with E-state index in [0.717, 1.165) is 11.1 Å². The van der Waals surface area contributed by atoms with Crippen LogP contribution in [0.1, 0.15) is 38.2 Å². The number of esters is 1. The highest BCUT2D eigenvalue weighted by molar-refractivity contribution is 9.10. The van der Waals surface area contributed by atoms with E-state index in [2.05, 4.69) is 15.9 Å². The largest absolute Gasteiger partial charge is 0.508 e. The van der Waals surface area contributed by atoms with Crippen LogP contribution in [0.15, 0.2) is 59.1 Å². The molecule has 0 amide bonds. The van der Waals surface area contributed by atoms with Gasteiger partial charge in [-0.15, -0.1) is 0 Å². The molecule has 1 aliphatic rings. The standard InChI is InChI=1S/C22H17BrO4/c1-12-6-8-14(10-18(12)24)22(15-9-7-13(2)19(25)11-15)16-4-3-5-17(23)20(16)21(26)27-22/h3-11,24-25H,1-2H3. The van der Waals surface area contributed by atoms with E-state index < -0.39 is 11.6 Å². The average molecular weight is 425 g/mol. The summed E-state index contributed by atoms with van der Waals surface area (Å²) in [4.78, 5) is 12.8. The molecule has 4 rings (SSSR count). The van der Waals surface area contributed by atoms with Crippen molar-refractivity contribution < 1.29 is 19.7 Å². The van der Waals surface area contributed by atoms with E-state index in [1.807, 2.05) is 24.3 Å². The molecule has 1 heterocycles. The van der Waals surface area contributed by atoms with Crippen molar-refractivity contribution in [1.29, 1.82) is 0 Å². The van der Waals surface area contributed by atoms with E-state index >= 15 is 0 Å². The molecule has 3 aromatic rings. The predicted molar refractivity (Wildman–Crippen MR) is 105 cm³/mol. The number of aromatic hydroxyl groups is 2. The lowest BCUT2D eigenvalue weighted by Crippen LogP contribution is -2.29. The summed E-state index contributed by atoms with van der Waals surface area (Å²) in [7, 11) is 0. The summed E-state index contributed by atoms with van der Waals surface area (Å²) in [5, 5.41) is 20.6. The summed E-state index contributed by atoms with van der Waals surface area (Å²) in [6, 6.07) is 15.9. The number of aryl methyl sites for hydroxylation is 2. The fourth-order valence-electron chi connectivity index (χ4n) is 3.52. The van der Waals surface area contributed by atoms with Gasteiger partial charge in [0.15, 0.2) is 5.60 Å². The first-order valence-corrected chi connectivity index (χ1v) is 9.26. The van der Waals surface area contributed by atoms with Gasteiger partial charge in [0, 0.05) is 21.2 Å². The summed E-state index contributed by atoms with van der Waals surface area (Å²) in [6.07, 6.45) is 0. The Morgan fingerprint density at radius 3 is 1.96 bits per heavy atom. The van der Waals surface area contributed by atoms with Gasteiger partial charge in [-0.25, -0.2) is 4.79 Å². The Hall–Kier alpha value is -2.79. The molecule has 27 heavy (non-hydrogen) atoms.